The fraction of sp³-hybridized carbons (Fsp3) is 0.583. The van der Waals surface area contributed by atoms with Crippen molar-refractivity contribution in [2.75, 3.05) is 19.6 Å². The number of carbonyl (C=O) groups is 1. The van der Waals surface area contributed by atoms with Crippen LogP contribution < -0.4 is 5.32 Å². The molecule has 1 N–H and O–H groups in total. The zero-order valence-corrected chi connectivity index (χ0v) is 9.19. The van der Waals surface area contributed by atoms with E-state index < -0.39 is 0 Å². The topological polar surface area (TPSA) is 45.5 Å². The van der Waals surface area contributed by atoms with Gasteiger partial charge in [-0.15, -0.1) is 0 Å². The molecule has 3 heterocycles. The van der Waals surface area contributed by atoms with Crippen LogP contribution in [0.15, 0.2) is 22.8 Å². The molecule has 4 heteroatoms. The molecule has 2 aliphatic heterocycles. The Morgan fingerprint density at radius 1 is 1.50 bits per heavy atom. The molecular formula is C12H16N2O2. The van der Waals surface area contributed by atoms with Crippen LogP contribution in [0.2, 0.25) is 0 Å². The number of fused-ring (bicyclic) bond motifs is 1. The summed E-state index contributed by atoms with van der Waals surface area (Å²) in [6, 6.07) is 3.88. The molecule has 0 spiro atoms. The molecule has 2 atom stereocenters. The predicted molar refractivity (Wildman–Crippen MR) is 59.1 cm³/mol. The van der Waals surface area contributed by atoms with E-state index in [4.69, 9.17) is 4.42 Å². The maximum absolute atomic E-state index is 12.2. The van der Waals surface area contributed by atoms with Gasteiger partial charge in [-0.25, -0.2) is 0 Å². The Bertz CT molecular complexity index is 374. The molecule has 0 bridgehead atoms. The summed E-state index contributed by atoms with van der Waals surface area (Å²) < 4.78 is 5.19. The third-order valence-corrected chi connectivity index (χ3v) is 3.67. The van der Waals surface area contributed by atoms with E-state index in [1.165, 1.54) is 6.42 Å². The predicted octanol–water partition coefficient (Wildman–Crippen LogP) is 1.10. The standard InChI is InChI=1S/C12H16N2O2/c15-12(11-4-2-6-16-11)14-5-1-3-9-7-13-8-10(9)14/h2,4,6,9-10,13H,1,3,5,7-8H2. The second-order valence-corrected chi connectivity index (χ2v) is 4.60. The fourth-order valence-electron chi connectivity index (χ4n) is 2.86. The molecule has 2 fully saturated rings. The summed E-state index contributed by atoms with van der Waals surface area (Å²) in [6.07, 6.45) is 3.90. The molecule has 2 aliphatic rings. The van der Waals surface area contributed by atoms with Gasteiger partial charge < -0.3 is 14.6 Å². The molecule has 2 saturated heterocycles. The lowest BCUT2D eigenvalue weighted by Crippen LogP contribution is -2.48. The zero-order valence-electron chi connectivity index (χ0n) is 9.19. The highest BCUT2D eigenvalue weighted by molar-refractivity contribution is 5.91. The molecule has 1 amide bonds. The smallest absolute Gasteiger partial charge is 0.289 e. The molecule has 1 aromatic rings. The second-order valence-electron chi connectivity index (χ2n) is 4.60. The first kappa shape index (κ1) is 9.90. The number of likely N-dealkylation sites (tertiary alicyclic amines) is 1. The van der Waals surface area contributed by atoms with Crippen LogP contribution in [0.4, 0.5) is 0 Å². The van der Waals surface area contributed by atoms with Gasteiger partial charge in [0.05, 0.1) is 6.26 Å². The largest absolute Gasteiger partial charge is 0.459 e. The van der Waals surface area contributed by atoms with E-state index in [2.05, 4.69) is 5.32 Å². The highest BCUT2D eigenvalue weighted by atomic mass is 16.3. The van der Waals surface area contributed by atoms with E-state index in [0.717, 1.165) is 26.1 Å². The van der Waals surface area contributed by atoms with Crippen molar-refractivity contribution in [2.24, 2.45) is 5.92 Å². The fourth-order valence-corrected chi connectivity index (χ4v) is 2.86. The minimum absolute atomic E-state index is 0.0448. The quantitative estimate of drug-likeness (QED) is 0.771. The van der Waals surface area contributed by atoms with Crippen LogP contribution >= 0.6 is 0 Å². The molecule has 2 unspecified atom stereocenters. The van der Waals surface area contributed by atoms with Crippen LogP contribution in [0.1, 0.15) is 23.4 Å². The number of amides is 1. The first-order valence-electron chi connectivity index (χ1n) is 5.91. The lowest BCUT2D eigenvalue weighted by molar-refractivity contribution is 0.0543. The van der Waals surface area contributed by atoms with Crippen LogP contribution in [-0.4, -0.2) is 36.5 Å². The monoisotopic (exact) mass is 220 g/mol. The van der Waals surface area contributed by atoms with E-state index >= 15 is 0 Å². The maximum atomic E-state index is 12.2. The minimum Gasteiger partial charge on any atom is -0.459 e. The average molecular weight is 220 g/mol. The molecule has 1 aromatic heterocycles. The Morgan fingerprint density at radius 3 is 3.25 bits per heavy atom. The van der Waals surface area contributed by atoms with E-state index in [-0.39, 0.29) is 5.91 Å². The molecule has 3 rings (SSSR count). The van der Waals surface area contributed by atoms with Gasteiger partial charge in [0.25, 0.3) is 5.91 Å². The summed E-state index contributed by atoms with van der Waals surface area (Å²) >= 11 is 0. The number of hydrogen-bond donors (Lipinski definition) is 1. The average Bonchev–Trinajstić information content (AvgIpc) is 2.98. The van der Waals surface area contributed by atoms with Crippen molar-refractivity contribution in [2.45, 2.75) is 18.9 Å². The Hall–Kier alpha value is -1.29. The summed E-state index contributed by atoms with van der Waals surface area (Å²) in [5, 5.41) is 3.37. The molecule has 0 radical (unpaired) electrons. The molecule has 0 saturated carbocycles. The van der Waals surface area contributed by atoms with Gasteiger partial charge in [-0.05, 0) is 30.9 Å². The number of piperidine rings is 1. The summed E-state index contributed by atoms with van der Waals surface area (Å²) in [6.45, 7) is 2.84. The van der Waals surface area contributed by atoms with Crippen molar-refractivity contribution in [1.29, 1.82) is 0 Å². The van der Waals surface area contributed by atoms with Gasteiger partial charge in [-0.3, -0.25) is 4.79 Å². The highest BCUT2D eigenvalue weighted by Crippen LogP contribution is 2.27. The van der Waals surface area contributed by atoms with Crippen molar-refractivity contribution in [3.63, 3.8) is 0 Å². The Kier molecular flexibility index (Phi) is 2.44. The molecule has 0 aliphatic carbocycles. The lowest BCUT2D eigenvalue weighted by atomic mass is 9.92. The van der Waals surface area contributed by atoms with Gasteiger partial charge in [-0.2, -0.15) is 0 Å². The maximum Gasteiger partial charge on any atom is 0.289 e. The van der Waals surface area contributed by atoms with Gasteiger partial charge >= 0.3 is 0 Å². The normalized spacial score (nSPS) is 29.1. The lowest BCUT2D eigenvalue weighted by Gasteiger charge is -2.36. The van der Waals surface area contributed by atoms with Crippen molar-refractivity contribution < 1.29 is 9.21 Å². The SMILES string of the molecule is O=C(c1ccco1)N1CCCC2CNCC21. The van der Waals surface area contributed by atoms with Crippen LogP contribution in [0.3, 0.4) is 0 Å². The first-order chi connectivity index (χ1) is 7.86. The van der Waals surface area contributed by atoms with Crippen molar-refractivity contribution in [3.8, 4) is 0 Å². The minimum atomic E-state index is 0.0448. The van der Waals surface area contributed by atoms with Gasteiger partial charge in [0.1, 0.15) is 0 Å². The zero-order chi connectivity index (χ0) is 11.0. The van der Waals surface area contributed by atoms with Crippen molar-refractivity contribution >= 4 is 5.91 Å². The van der Waals surface area contributed by atoms with E-state index in [9.17, 15) is 4.79 Å². The molecule has 4 nitrogen and oxygen atoms in total. The number of furan rings is 1. The number of nitrogens with zero attached hydrogens (tertiary/aromatic N) is 1. The number of rotatable bonds is 1. The molecule has 16 heavy (non-hydrogen) atoms. The van der Waals surface area contributed by atoms with Crippen molar-refractivity contribution in [3.05, 3.63) is 24.2 Å². The van der Waals surface area contributed by atoms with Gasteiger partial charge in [-0.1, -0.05) is 0 Å². The highest BCUT2D eigenvalue weighted by Gasteiger charge is 2.38. The number of carbonyl (C=O) groups excluding carboxylic acids is 1. The van der Waals surface area contributed by atoms with Gasteiger partial charge in [0, 0.05) is 25.7 Å². The van der Waals surface area contributed by atoms with Crippen LogP contribution in [-0.2, 0) is 0 Å². The third kappa shape index (κ3) is 1.53. The second kappa shape index (κ2) is 3.94. The number of nitrogens with one attached hydrogen (secondary N) is 1. The van der Waals surface area contributed by atoms with Crippen LogP contribution in [0, 0.1) is 5.92 Å². The Morgan fingerprint density at radius 2 is 2.44 bits per heavy atom. The summed E-state index contributed by atoms with van der Waals surface area (Å²) in [7, 11) is 0. The van der Waals surface area contributed by atoms with Crippen molar-refractivity contribution in [1.82, 2.24) is 10.2 Å². The first-order valence-corrected chi connectivity index (χ1v) is 5.91. The van der Waals surface area contributed by atoms with E-state index in [1.807, 2.05) is 4.90 Å². The summed E-state index contributed by atoms with van der Waals surface area (Å²) in [5.74, 6) is 1.14. The van der Waals surface area contributed by atoms with Gasteiger partial charge in [0.2, 0.25) is 0 Å². The van der Waals surface area contributed by atoms with E-state index in [0.29, 0.717) is 17.7 Å². The summed E-state index contributed by atoms with van der Waals surface area (Å²) in [4.78, 5) is 14.2. The van der Waals surface area contributed by atoms with Crippen LogP contribution in [0.25, 0.3) is 0 Å². The Labute approximate surface area is 94.6 Å². The number of hydrogen-bond acceptors (Lipinski definition) is 3. The molecule has 0 aromatic carbocycles. The third-order valence-electron chi connectivity index (χ3n) is 3.67. The van der Waals surface area contributed by atoms with E-state index in [1.54, 1.807) is 18.4 Å². The Balaban J connectivity index is 1.80. The molecular weight excluding hydrogens is 204 g/mol. The van der Waals surface area contributed by atoms with Crippen LogP contribution in [0.5, 0.6) is 0 Å². The molecule has 86 valence electrons. The summed E-state index contributed by atoms with van der Waals surface area (Å²) in [5.41, 5.74) is 0. The van der Waals surface area contributed by atoms with Gasteiger partial charge in [0.15, 0.2) is 5.76 Å².